The number of nitro groups is 1. The average molecular weight is 386 g/mol. The Morgan fingerprint density at radius 3 is 2.46 bits per heavy atom. The van der Waals surface area contributed by atoms with E-state index >= 15 is 0 Å². The van der Waals surface area contributed by atoms with Gasteiger partial charge in [0.15, 0.2) is 0 Å². The number of carbonyl (C=O) groups is 2. The van der Waals surface area contributed by atoms with Crippen LogP contribution in [0.25, 0.3) is 0 Å². The molecule has 2 N–H and O–H groups in total. The van der Waals surface area contributed by atoms with Crippen molar-refractivity contribution in [2.45, 2.75) is 20.3 Å². The highest BCUT2D eigenvalue weighted by Gasteiger charge is 2.22. The summed E-state index contributed by atoms with van der Waals surface area (Å²) >= 11 is 0. The molecule has 0 fully saturated rings. The van der Waals surface area contributed by atoms with Gasteiger partial charge in [0.2, 0.25) is 0 Å². The van der Waals surface area contributed by atoms with Gasteiger partial charge in [-0.15, -0.1) is 0 Å². The molecule has 1 unspecified atom stereocenters. The van der Waals surface area contributed by atoms with Gasteiger partial charge in [-0.3, -0.25) is 19.7 Å². The van der Waals surface area contributed by atoms with Gasteiger partial charge >= 0.3 is 5.97 Å². The first-order valence-corrected chi connectivity index (χ1v) is 8.80. The number of amides is 1. The monoisotopic (exact) mass is 386 g/mol. The van der Waals surface area contributed by atoms with Crippen molar-refractivity contribution < 1.29 is 24.4 Å². The molecule has 1 amide bonds. The van der Waals surface area contributed by atoms with Crippen molar-refractivity contribution in [3.63, 3.8) is 0 Å². The van der Waals surface area contributed by atoms with E-state index in [0.29, 0.717) is 12.4 Å². The zero-order valence-electron chi connectivity index (χ0n) is 15.7. The van der Waals surface area contributed by atoms with Crippen LogP contribution in [0.1, 0.15) is 28.4 Å². The fourth-order valence-electron chi connectivity index (χ4n) is 2.80. The van der Waals surface area contributed by atoms with Crippen LogP contribution in [0.15, 0.2) is 42.5 Å². The molecule has 0 spiro atoms. The number of carbonyl (C=O) groups excluding carboxylic acids is 1. The molecule has 0 bridgehead atoms. The SMILES string of the molecule is CCOc1ccc(CC(CNC(=O)c2cccc([N+](=O)[O-])c2C)C(=O)O)cc1. The lowest BCUT2D eigenvalue weighted by Gasteiger charge is -2.15. The zero-order valence-corrected chi connectivity index (χ0v) is 15.7. The van der Waals surface area contributed by atoms with Gasteiger partial charge in [-0.05, 0) is 44.0 Å². The predicted molar refractivity (Wildman–Crippen MR) is 103 cm³/mol. The Morgan fingerprint density at radius 2 is 1.89 bits per heavy atom. The number of aliphatic carboxylic acids is 1. The van der Waals surface area contributed by atoms with Crippen LogP contribution >= 0.6 is 0 Å². The molecule has 2 rings (SSSR count). The van der Waals surface area contributed by atoms with E-state index in [0.717, 1.165) is 5.56 Å². The van der Waals surface area contributed by atoms with Crippen molar-refractivity contribution in [1.29, 1.82) is 0 Å². The number of carboxylic acids is 1. The second-order valence-electron chi connectivity index (χ2n) is 6.23. The van der Waals surface area contributed by atoms with Crippen LogP contribution in [-0.4, -0.2) is 35.1 Å². The molecular formula is C20H22N2O6. The molecule has 8 heteroatoms. The Bertz CT molecular complexity index is 863. The van der Waals surface area contributed by atoms with E-state index in [-0.39, 0.29) is 29.8 Å². The van der Waals surface area contributed by atoms with Crippen LogP contribution in [0.3, 0.4) is 0 Å². The highest BCUT2D eigenvalue weighted by Crippen LogP contribution is 2.21. The third kappa shape index (κ3) is 5.29. The van der Waals surface area contributed by atoms with Crippen molar-refractivity contribution in [3.05, 3.63) is 69.3 Å². The summed E-state index contributed by atoms with van der Waals surface area (Å²) in [6, 6.07) is 11.3. The molecule has 0 aliphatic carbocycles. The third-order valence-electron chi connectivity index (χ3n) is 4.32. The van der Waals surface area contributed by atoms with E-state index in [9.17, 15) is 24.8 Å². The van der Waals surface area contributed by atoms with Crippen molar-refractivity contribution in [2.75, 3.05) is 13.2 Å². The molecule has 2 aromatic carbocycles. The van der Waals surface area contributed by atoms with Crippen LogP contribution < -0.4 is 10.1 Å². The molecular weight excluding hydrogens is 364 g/mol. The van der Waals surface area contributed by atoms with Crippen LogP contribution in [0, 0.1) is 23.0 Å². The number of nitrogens with one attached hydrogen (secondary N) is 1. The largest absolute Gasteiger partial charge is 0.494 e. The quantitative estimate of drug-likeness (QED) is 0.505. The summed E-state index contributed by atoms with van der Waals surface area (Å²) in [5.41, 5.74) is 1.04. The van der Waals surface area contributed by atoms with Gasteiger partial charge in [0, 0.05) is 23.7 Å². The van der Waals surface area contributed by atoms with Crippen LogP contribution in [0.5, 0.6) is 5.75 Å². The molecule has 148 valence electrons. The molecule has 0 aromatic heterocycles. The molecule has 0 aliphatic heterocycles. The van der Waals surface area contributed by atoms with Crippen molar-refractivity contribution >= 4 is 17.6 Å². The predicted octanol–water partition coefficient (Wildman–Crippen LogP) is 2.98. The maximum Gasteiger partial charge on any atom is 0.308 e. The molecule has 8 nitrogen and oxygen atoms in total. The summed E-state index contributed by atoms with van der Waals surface area (Å²) in [6.07, 6.45) is 0.232. The zero-order chi connectivity index (χ0) is 20.7. The summed E-state index contributed by atoms with van der Waals surface area (Å²) in [4.78, 5) is 34.4. The number of hydrogen-bond donors (Lipinski definition) is 2. The fraction of sp³-hybridized carbons (Fsp3) is 0.300. The van der Waals surface area contributed by atoms with Gasteiger partial charge in [-0.1, -0.05) is 18.2 Å². The number of nitrogens with zero attached hydrogens (tertiary/aromatic N) is 1. The molecule has 28 heavy (non-hydrogen) atoms. The second kappa shape index (κ2) is 9.50. The van der Waals surface area contributed by atoms with Gasteiger partial charge in [0.25, 0.3) is 11.6 Å². The van der Waals surface area contributed by atoms with Crippen molar-refractivity contribution in [3.8, 4) is 5.75 Å². The lowest BCUT2D eigenvalue weighted by Crippen LogP contribution is -2.34. The molecule has 1 atom stereocenters. The average Bonchev–Trinajstić information content (AvgIpc) is 2.66. The van der Waals surface area contributed by atoms with Gasteiger partial charge in [0.1, 0.15) is 5.75 Å². The summed E-state index contributed by atoms with van der Waals surface area (Å²) in [5.74, 6) is -1.71. The normalized spacial score (nSPS) is 11.5. The van der Waals surface area contributed by atoms with Crippen molar-refractivity contribution in [1.82, 2.24) is 5.32 Å². The van der Waals surface area contributed by atoms with Crippen LogP contribution in [0.2, 0.25) is 0 Å². The molecule has 0 saturated carbocycles. The molecule has 0 saturated heterocycles. The van der Waals surface area contributed by atoms with Crippen LogP contribution in [0.4, 0.5) is 5.69 Å². The van der Waals surface area contributed by atoms with Gasteiger partial charge in [-0.25, -0.2) is 0 Å². The smallest absolute Gasteiger partial charge is 0.308 e. The van der Waals surface area contributed by atoms with E-state index in [1.165, 1.54) is 25.1 Å². The summed E-state index contributed by atoms with van der Waals surface area (Å²) < 4.78 is 5.36. The first-order valence-electron chi connectivity index (χ1n) is 8.80. The molecule has 0 aliphatic rings. The number of benzene rings is 2. The van der Waals surface area contributed by atoms with E-state index in [1.807, 2.05) is 6.92 Å². The fourth-order valence-corrected chi connectivity index (χ4v) is 2.80. The maximum atomic E-state index is 12.4. The summed E-state index contributed by atoms with van der Waals surface area (Å²) in [7, 11) is 0. The minimum Gasteiger partial charge on any atom is -0.494 e. The van der Waals surface area contributed by atoms with E-state index in [1.54, 1.807) is 24.3 Å². The highest BCUT2D eigenvalue weighted by molar-refractivity contribution is 5.96. The number of hydrogen-bond acceptors (Lipinski definition) is 5. The molecule has 2 aromatic rings. The highest BCUT2D eigenvalue weighted by atomic mass is 16.6. The number of carboxylic acid groups (broad SMARTS) is 1. The first-order chi connectivity index (χ1) is 13.3. The van der Waals surface area contributed by atoms with Crippen LogP contribution in [-0.2, 0) is 11.2 Å². The lowest BCUT2D eigenvalue weighted by atomic mass is 9.99. The maximum absolute atomic E-state index is 12.4. The number of rotatable bonds is 9. The van der Waals surface area contributed by atoms with E-state index in [2.05, 4.69) is 5.32 Å². The summed E-state index contributed by atoms with van der Waals surface area (Å²) in [6.45, 7) is 3.81. The Kier molecular flexibility index (Phi) is 7.08. The topological polar surface area (TPSA) is 119 Å². The Morgan fingerprint density at radius 1 is 1.21 bits per heavy atom. The Hall–Kier alpha value is -3.42. The van der Waals surface area contributed by atoms with Gasteiger partial charge < -0.3 is 15.2 Å². The lowest BCUT2D eigenvalue weighted by molar-refractivity contribution is -0.385. The standard InChI is InChI=1S/C20H22N2O6/c1-3-28-16-9-7-14(8-10-16)11-15(20(24)25)12-21-19(23)17-5-4-6-18(13(17)2)22(26)27/h4-10,15H,3,11-12H2,1-2H3,(H,21,23)(H,24,25). The van der Waals surface area contributed by atoms with E-state index in [4.69, 9.17) is 4.74 Å². The second-order valence-corrected chi connectivity index (χ2v) is 6.23. The van der Waals surface area contributed by atoms with Gasteiger partial charge in [0.05, 0.1) is 17.4 Å². The molecule has 0 heterocycles. The van der Waals surface area contributed by atoms with E-state index < -0.39 is 22.7 Å². The number of ether oxygens (including phenoxy) is 1. The Balaban J connectivity index is 2.05. The Labute approximate surface area is 162 Å². The molecule has 0 radical (unpaired) electrons. The van der Waals surface area contributed by atoms with Gasteiger partial charge in [-0.2, -0.15) is 0 Å². The minimum absolute atomic E-state index is 0.0937. The summed E-state index contributed by atoms with van der Waals surface area (Å²) in [5, 5.41) is 23.0. The van der Waals surface area contributed by atoms with Crippen molar-refractivity contribution in [2.24, 2.45) is 5.92 Å². The number of nitro benzene ring substituents is 1. The first kappa shape index (κ1) is 20.9. The minimum atomic E-state index is -1.04. The third-order valence-corrected chi connectivity index (χ3v) is 4.32.